The van der Waals surface area contributed by atoms with Gasteiger partial charge in [0.05, 0.1) is 17.4 Å². The molecule has 2 heterocycles. The highest BCUT2D eigenvalue weighted by molar-refractivity contribution is 6.05. The van der Waals surface area contributed by atoms with Crippen molar-refractivity contribution < 1.29 is 9.18 Å². The second-order valence-corrected chi connectivity index (χ2v) is 5.21. The van der Waals surface area contributed by atoms with Crippen LogP contribution in [0.3, 0.4) is 0 Å². The molecule has 1 aromatic carbocycles. The minimum Gasteiger partial charge on any atom is -0.319 e. The van der Waals surface area contributed by atoms with Crippen molar-refractivity contribution in [2.75, 3.05) is 11.9 Å². The van der Waals surface area contributed by atoms with Crippen molar-refractivity contribution >= 4 is 11.6 Å². The van der Waals surface area contributed by atoms with Crippen LogP contribution in [0.1, 0.15) is 27.2 Å². The highest BCUT2D eigenvalue weighted by atomic mass is 19.1. The number of carbonyl (C=O) groups is 1. The number of hydrogen-bond acceptors (Lipinski definition) is 3. The van der Waals surface area contributed by atoms with Gasteiger partial charge in [0, 0.05) is 19.3 Å². The number of aromatic nitrogens is 2. The quantitative estimate of drug-likeness (QED) is 0.885. The number of rotatable bonds is 2. The Kier molecular flexibility index (Phi) is 3.47. The molecule has 0 radical (unpaired) electrons. The molecule has 0 spiro atoms. The molecule has 1 amide bonds. The Hall–Kier alpha value is -2.21. The minimum atomic E-state index is -0.339. The Morgan fingerprint density at radius 1 is 1.48 bits per heavy atom. The Balaban J connectivity index is 1.88. The van der Waals surface area contributed by atoms with Crippen LogP contribution in [0.25, 0.3) is 0 Å². The third-order valence-electron chi connectivity index (χ3n) is 3.94. The van der Waals surface area contributed by atoms with Crippen LogP contribution in [0.5, 0.6) is 0 Å². The topological polar surface area (TPSA) is 59.0 Å². The Morgan fingerprint density at radius 3 is 3.00 bits per heavy atom. The normalized spacial score (nSPS) is 13.9. The van der Waals surface area contributed by atoms with Crippen LogP contribution in [-0.2, 0) is 20.0 Å². The molecule has 3 rings (SSSR count). The van der Waals surface area contributed by atoms with E-state index in [1.807, 2.05) is 6.07 Å². The van der Waals surface area contributed by atoms with Gasteiger partial charge in [-0.05, 0) is 37.1 Å². The Labute approximate surface area is 122 Å². The van der Waals surface area contributed by atoms with Crippen molar-refractivity contribution in [1.82, 2.24) is 15.1 Å². The highest BCUT2D eigenvalue weighted by Gasteiger charge is 2.19. The minimum absolute atomic E-state index is 0.226. The van der Waals surface area contributed by atoms with Crippen LogP contribution in [0.4, 0.5) is 10.1 Å². The van der Waals surface area contributed by atoms with E-state index < -0.39 is 0 Å². The van der Waals surface area contributed by atoms with Gasteiger partial charge in [-0.25, -0.2) is 4.39 Å². The highest BCUT2D eigenvalue weighted by Crippen LogP contribution is 2.25. The van der Waals surface area contributed by atoms with Gasteiger partial charge >= 0.3 is 0 Å². The fourth-order valence-electron chi connectivity index (χ4n) is 2.54. The van der Waals surface area contributed by atoms with E-state index in [-0.39, 0.29) is 17.4 Å². The van der Waals surface area contributed by atoms with Gasteiger partial charge in [-0.2, -0.15) is 5.10 Å². The van der Waals surface area contributed by atoms with Crippen molar-refractivity contribution in [2.24, 2.45) is 7.05 Å². The zero-order valence-corrected chi connectivity index (χ0v) is 12.0. The number of amides is 1. The van der Waals surface area contributed by atoms with Crippen LogP contribution in [0, 0.1) is 12.7 Å². The summed E-state index contributed by atoms with van der Waals surface area (Å²) in [5.41, 5.74) is 3.07. The van der Waals surface area contributed by atoms with Crippen molar-refractivity contribution in [1.29, 1.82) is 0 Å². The fraction of sp³-hybridized carbons (Fsp3) is 0.333. The van der Waals surface area contributed by atoms with Crippen LogP contribution in [-0.4, -0.2) is 22.2 Å². The molecule has 110 valence electrons. The number of halogens is 1. The Morgan fingerprint density at radius 2 is 2.29 bits per heavy atom. The standard InChI is InChI=1S/C15H17FN4O/c1-9-12(8-18-20(9)2)15(21)19-13-4-3-10-7-17-6-5-11(10)14(13)16/h3-4,8,17H,5-7H2,1-2H3,(H,19,21). The number of carbonyl (C=O) groups excluding carboxylic acids is 1. The van der Waals surface area contributed by atoms with E-state index in [1.165, 1.54) is 6.20 Å². The molecule has 1 aliphatic rings. The first kappa shape index (κ1) is 13.8. The number of aryl methyl sites for hydroxylation is 1. The molecule has 21 heavy (non-hydrogen) atoms. The molecule has 0 saturated carbocycles. The van der Waals surface area contributed by atoms with Crippen molar-refractivity contribution in [3.05, 3.63) is 46.5 Å². The zero-order chi connectivity index (χ0) is 15.0. The van der Waals surface area contributed by atoms with Crippen LogP contribution in [0.2, 0.25) is 0 Å². The molecule has 0 atom stereocenters. The molecule has 0 fully saturated rings. The maximum Gasteiger partial charge on any atom is 0.259 e. The van der Waals surface area contributed by atoms with Gasteiger partial charge in [0.15, 0.2) is 0 Å². The van der Waals surface area contributed by atoms with Crippen LogP contribution >= 0.6 is 0 Å². The molecule has 2 aromatic rings. The molecule has 0 unspecified atom stereocenters. The number of nitrogens with zero attached hydrogens (tertiary/aromatic N) is 2. The first-order valence-electron chi connectivity index (χ1n) is 6.89. The lowest BCUT2D eigenvalue weighted by atomic mass is 9.99. The van der Waals surface area contributed by atoms with E-state index >= 15 is 0 Å². The largest absolute Gasteiger partial charge is 0.319 e. The molecule has 0 saturated heterocycles. The number of benzene rings is 1. The predicted molar refractivity (Wildman–Crippen MR) is 77.7 cm³/mol. The summed E-state index contributed by atoms with van der Waals surface area (Å²) in [4.78, 5) is 12.2. The first-order valence-corrected chi connectivity index (χ1v) is 6.89. The Bertz CT molecular complexity index is 708. The molecule has 0 aliphatic carbocycles. The van der Waals surface area contributed by atoms with E-state index in [0.29, 0.717) is 24.1 Å². The molecule has 6 heteroatoms. The molecular weight excluding hydrogens is 271 g/mol. The fourth-order valence-corrected chi connectivity index (χ4v) is 2.54. The summed E-state index contributed by atoms with van der Waals surface area (Å²) >= 11 is 0. The average molecular weight is 288 g/mol. The summed E-state index contributed by atoms with van der Waals surface area (Å²) in [6.07, 6.45) is 2.13. The summed E-state index contributed by atoms with van der Waals surface area (Å²) in [6.45, 7) is 3.22. The second kappa shape index (κ2) is 5.29. The maximum atomic E-state index is 14.5. The number of hydrogen-bond donors (Lipinski definition) is 2. The van der Waals surface area contributed by atoms with Gasteiger partial charge in [0.25, 0.3) is 5.91 Å². The van der Waals surface area contributed by atoms with Crippen molar-refractivity contribution in [3.63, 3.8) is 0 Å². The summed E-state index contributed by atoms with van der Waals surface area (Å²) < 4.78 is 16.1. The molecule has 5 nitrogen and oxygen atoms in total. The number of anilines is 1. The van der Waals surface area contributed by atoms with Crippen LogP contribution in [0.15, 0.2) is 18.3 Å². The average Bonchev–Trinajstić information content (AvgIpc) is 2.82. The smallest absolute Gasteiger partial charge is 0.259 e. The van der Waals surface area contributed by atoms with Crippen LogP contribution < -0.4 is 10.6 Å². The predicted octanol–water partition coefficient (Wildman–Crippen LogP) is 1.77. The molecule has 0 bridgehead atoms. The van der Waals surface area contributed by atoms with Gasteiger partial charge in [-0.15, -0.1) is 0 Å². The van der Waals surface area contributed by atoms with Gasteiger partial charge < -0.3 is 10.6 Å². The second-order valence-electron chi connectivity index (χ2n) is 5.21. The first-order chi connectivity index (χ1) is 10.1. The lowest BCUT2D eigenvalue weighted by Gasteiger charge is -2.19. The lowest BCUT2D eigenvalue weighted by molar-refractivity contribution is 0.102. The molecule has 1 aromatic heterocycles. The monoisotopic (exact) mass is 288 g/mol. The van der Waals surface area contributed by atoms with Gasteiger partial charge in [-0.1, -0.05) is 6.07 Å². The van der Waals surface area contributed by atoms with Gasteiger partial charge in [0.2, 0.25) is 0 Å². The van der Waals surface area contributed by atoms with E-state index in [9.17, 15) is 9.18 Å². The lowest BCUT2D eigenvalue weighted by Crippen LogP contribution is -2.25. The summed E-state index contributed by atoms with van der Waals surface area (Å²) in [7, 11) is 1.76. The summed E-state index contributed by atoms with van der Waals surface area (Å²) in [5.74, 6) is -0.669. The third kappa shape index (κ3) is 2.42. The van der Waals surface area contributed by atoms with E-state index in [1.54, 1.807) is 24.7 Å². The van der Waals surface area contributed by atoms with E-state index in [4.69, 9.17) is 0 Å². The number of nitrogens with one attached hydrogen (secondary N) is 2. The molecule has 1 aliphatic heterocycles. The van der Waals surface area contributed by atoms with Crippen molar-refractivity contribution in [2.45, 2.75) is 19.9 Å². The molecule has 2 N–H and O–H groups in total. The SMILES string of the molecule is Cc1c(C(=O)Nc2ccc3c(c2F)CCNC3)cnn1C. The maximum absolute atomic E-state index is 14.5. The summed E-state index contributed by atoms with van der Waals surface area (Å²) in [6, 6.07) is 3.47. The third-order valence-corrected chi connectivity index (χ3v) is 3.94. The molecular formula is C15H17FN4O. The van der Waals surface area contributed by atoms with E-state index in [0.717, 1.165) is 17.8 Å². The van der Waals surface area contributed by atoms with Gasteiger partial charge in [0.1, 0.15) is 5.82 Å². The van der Waals surface area contributed by atoms with Crippen molar-refractivity contribution in [3.8, 4) is 0 Å². The zero-order valence-electron chi connectivity index (χ0n) is 12.0. The number of fused-ring (bicyclic) bond motifs is 1. The van der Waals surface area contributed by atoms with Gasteiger partial charge in [-0.3, -0.25) is 9.48 Å². The summed E-state index contributed by atoms with van der Waals surface area (Å²) in [5, 5.41) is 9.87. The van der Waals surface area contributed by atoms with E-state index in [2.05, 4.69) is 15.7 Å².